The van der Waals surface area contributed by atoms with Gasteiger partial charge in [-0.1, -0.05) is 55.8 Å². The van der Waals surface area contributed by atoms with Crippen molar-refractivity contribution in [3.63, 3.8) is 0 Å². The number of alkyl halides is 3. The molecule has 8 heteroatoms. The molecule has 2 aromatic carbocycles. The van der Waals surface area contributed by atoms with E-state index >= 15 is 0 Å². The lowest BCUT2D eigenvalue weighted by molar-refractivity contribution is -0.274. The average Bonchev–Trinajstić information content (AvgIpc) is 2.79. The molecule has 0 saturated carbocycles. The number of ether oxygens (including phenoxy) is 1. The van der Waals surface area contributed by atoms with Gasteiger partial charge in [-0.05, 0) is 43.9 Å². The molecule has 1 N–H and O–H groups in total. The molecule has 1 aliphatic rings. The predicted molar refractivity (Wildman–Crippen MR) is 123 cm³/mol. The Kier molecular flexibility index (Phi) is 8.61. The van der Waals surface area contributed by atoms with Crippen LogP contribution in [0.15, 0.2) is 54.6 Å². The van der Waals surface area contributed by atoms with Gasteiger partial charge in [0.1, 0.15) is 0 Å². The summed E-state index contributed by atoms with van der Waals surface area (Å²) in [6.07, 6.45) is -0.950. The van der Waals surface area contributed by atoms with Crippen LogP contribution in [-0.4, -0.2) is 47.4 Å². The minimum absolute atomic E-state index is 0.00751. The van der Waals surface area contributed by atoms with E-state index in [1.54, 1.807) is 11.0 Å². The average molecular weight is 464 g/mol. The fourth-order valence-electron chi connectivity index (χ4n) is 4.36. The van der Waals surface area contributed by atoms with Gasteiger partial charge in [0, 0.05) is 31.7 Å². The molecule has 1 saturated heterocycles. The first-order valence-electron chi connectivity index (χ1n) is 11.5. The summed E-state index contributed by atoms with van der Waals surface area (Å²) in [6.45, 7) is 6.56. The molecular weight excluding hydrogens is 431 g/mol. The van der Waals surface area contributed by atoms with E-state index in [1.807, 2.05) is 30.3 Å². The number of hydrogen-bond donors (Lipinski definition) is 1. The summed E-state index contributed by atoms with van der Waals surface area (Å²) in [5.41, 5.74) is 0.959. The zero-order chi connectivity index (χ0) is 23.8. The molecule has 33 heavy (non-hydrogen) atoms. The van der Waals surface area contributed by atoms with Crippen LogP contribution in [0, 0.1) is 0 Å². The number of rotatable bonds is 8. The number of carbonyl (C=O) groups excluding carboxylic acids is 1. The summed E-state index contributed by atoms with van der Waals surface area (Å²) in [7, 11) is 0. The molecule has 2 aromatic rings. The van der Waals surface area contributed by atoms with Crippen LogP contribution < -0.4 is 10.1 Å². The normalized spacial score (nSPS) is 16.3. The van der Waals surface area contributed by atoms with E-state index < -0.39 is 18.1 Å². The molecule has 0 spiro atoms. The maximum Gasteiger partial charge on any atom is 0.573 e. The molecule has 0 aromatic heterocycles. The van der Waals surface area contributed by atoms with Crippen LogP contribution in [0.2, 0.25) is 0 Å². The van der Waals surface area contributed by atoms with Crippen LogP contribution in [0.3, 0.4) is 0 Å². The van der Waals surface area contributed by atoms with E-state index in [0.29, 0.717) is 12.6 Å². The Bertz CT molecular complexity index is 884. The van der Waals surface area contributed by atoms with E-state index in [-0.39, 0.29) is 11.7 Å². The molecule has 1 atom stereocenters. The lowest BCUT2D eigenvalue weighted by Crippen LogP contribution is -2.50. The Hall–Kier alpha value is -2.74. The highest BCUT2D eigenvalue weighted by atomic mass is 19.4. The summed E-state index contributed by atoms with van der Waals surface area (Å²) in [4.78, 5) is 17.5. The molecule has 5 nitrogen and oxygen atoms in total. The second-order valence-corrected chi connectivity index (χ2v) is 8.49. The number of urea groups is 1. The van der Waals surface area contributed by atoms with E-state index in [9.17, 15) is 18.0 Å². The van der Waals surface area contributed by atoms with Crippen LogP contribution in [0.5, 0.6) is 5.75 Å². The third-order valence-corrected chi connectivity index (χ3v) is 6.08. The SMILES string of the molecule is CCCC(C)N1CCC(N(Cc2ccccc2)C(=O)Nc2ccccc2OC(F)(F)F)CC1. The molecule has 1 aliphatic heterocycles. The maximum atomic E-state index is 13.3. The van der Waals surface area contributed by atoms with Crippen LogP contribution in [0.4, 0.5) is 23.7 Å². The number of benzene rings is 2. The number of piperidine rings is 1. The highest BCUT2D eigenvalue weighted by Gasteiger charge is 2.33. The second kappa shape index (κ2) is 11.4. The van der Waals surface area contributed by atoms with Gasteiger partial charge >= 0.3 is 12.4 Å². The number of nitrogens with one attached hydrogen (secondary N) is 1. The first kappa shape index (κ1) is 24.9. The third-order valence-electron chi connectivity index (χ3n) is 6.08. The van der Waals surface area contributed by atoms with Gasteiger partial charge in [-0.15, -0.1) is 13.2 Å². The van der Waals surface area contributed by atoms with Crippen LogP contribution in [-0.2, 0) is 6.54 Å². The third kappa shape index (κ3) is 7.39. The standard InChI is InChI=1S/C25H32F3N3O2/c1-3-9-19(2)30-16-14-21(15-17-30)31(18-20-10-5-4-6-11-20)24(32)29-22-12-7-8-13-23(22)33-25(26,27)28/h4-8,10-13,19,21H,3,9,14-18H2,1-2H3,(H,29,32). The quantitative estimate of drug-likeness (QED) is 0.502. The van der Waals surface area contributed by atoms with E-state index in [1.165, 1.54) is 18.2 Å². The molecular formula is C25H32F3N3O2. The molecule has 1 fully saturated rings. The number of nitrogens with zero attached hydrogens (tertiary/aromatic N) is 2. The van der Waals surface area contributed by atoms with Gasteiger partial charge in [-0.2, -0.15) is 0 Å². The Labute approximate surface area is 193 Å². The molecule has 2 amide bonds. The van der Waals surface area contributed by atoms with Crippen molar-refractivity contribution in [2.75, 3.05) is 18.4 Å². The van der Waals surface area contributed by atoms with Gasteiger partial charge in [0.2, 0.25) is 0 Å². The zero-order valence-electron chi connectivity index (χ0n) is 19.1. The number of likely N-dealkylation sites (tertiary alicyclic amines) is 1. The van der Waals surface area contributed by atoms with E-state index in [2.05, 4.69) is 28.8 Å². The minimum atomic E-state index is -4.84. The maximum absolute atomic E-state index is 13.3. The van der Waals surface area contributed by atoms with E-state index in [4.69, 9.17) is 0 Å². The van der Waals surface area contributed by atoms with Crippen molar-refractivity contribution < 1.29 is 22.7 Å². The summed E-state index contributed by atoms with van der Waals surface area (Å²) >= 11 is 0. The Morgan fingerprint density at radius 3 is 2.39 bits per heavy atom. The van der Waals surface area contributed by atoms with Crippen molar-refractivity contribution in [3.05, 3.63) is 60.2 Å². The highest BCUT2D eigenvalue weighted by molar-refractivity contribution is 5.91. The van der Waals surface area contributed by atoms with Crippen LogP contribution in [0.1, 0.15) is 45.1 Å². The number of anilines is 1. The number of para-hydroxylation sites is 2. The highest BCUT2D eigenvalue weighted by Crippen LogP contribution is 2.31. The number of carbonyl (C=O) groups is 1. The predicted octanol–water partition coefficient (Wildman–Crippen LogP) is 6.27. The molecule has 0 bridgehead atoms. The number of halogens is 3. The van der Waals surface area contributed by atoms with Gasteiger partial charge in [0.15, 0.2) is 5.75 Å². The van der Waals surface area contributed by atoms with Gasteiger partial charge in [-0.3, -0.25) is 0 Å². The smallest absolute Gasteiger partial charge is 0.404 e. The lowest BCUT2D eigenvalue weighted by Gasteiger charge is -2.40. The van der Waals surface area contributed by atoms with Gasteiger partial charge in [-0.25, -0.2) is 4.79 Å². The van der Waals surface area contributed by atoms with Crippen molar-refractivity contribution in [3.8, 4) is 5.75 Å². The fourth-order valence-corrected chi connectivity index (χ4v) is 4.36. The van der Waals surface area contributed by atoms with Crippen molar-refractivity contribution in [1.29, 1.82) is 0 Å². The summed E-state index contributed by atoms with van der Waals surface area (Å²) in [6, 6.07) is 15.3. The largest absolute Gasteiger partial charge is 0.573 e. The first-order valence-corrected chi connectivity index (χ1v) is 11.5. The molecule has 180 valence electrons. The molecule has 3 rings (SSSR count). The summed E-state index contributed by atoms with van der Waals surface area (Å²) in [5.74, 6) is -0.429. The topological polar surface area (TPSA) is 44.8 Å². The van der Waals surface area contributed by atoms with Crippen molar-refractivity contribution in [2.24, 2.45) is 0 Å². The van der Waals surface area contributed by atoms with Crippen molar-refractivity contribution in [1.82, 2.24) is 9.80 Å². The van der Waals surface area contributed by atoms with Gasteiger partial charge < -0.3 is 19.9 Å². The van der Waals surface area contributed by atoms with E-state index in [0.717, 1.165) is 44.3 Å². The van der Waals surface area contributed by atoms with Crippen molar-refractivity contribution in [2.45, 2.75) is 64.5 Å². The Morgan fingerprint density at radius 2 is 1.76 bits per heavy atom. The van der Waals surface area contributed by atoms with Crippen molar-refractivity contribution >= 4 is 11.7 Å². The fraction of sp³-hybridized carbons (Fsp3) is 0.480. The van der Waals surface area contributed by atoms with Crippen LogP contribution >= 0.6 is 0 Å². The molecule has 1 heterocycles. The number of hydrogen-bond acceptors (Lipinski definition) is 3. The minimum Gasteiger partial charge on any atom is -0.404 e. The molecule has 0 aliphatic carbocycles. The number of amides is 2. The van der Waals surface area contributed by atoms with Gasteiger partial charge in [0.05, 0.1) is 5.69 Å². The second-order valence-electron chi connectivity index (χ2n) is 8.49. The Morgan fingerprint density at radius 1 is 1.12 bits per heavy atom. The van der Waals surface area contributed by atoms with Crippen LogP contribution in [0.25, 0.3) is 0 Å². The summed E-state index contributed by atoms with van der Waals surface area (Å²) < 4.78 is 42.5. The first-order chi connectivity index (χ1) is 15.8. The summed E-state index contributed by atoms with van der Waals surface area (Å²) in [5, 5.41) is 2.65. The Balaban J connectivity index is 1.76. The van der Waals surface area contributed by atoms with Gasteiger partial charge in [0.25, 0.3) is 0 Å². The monoisotopic (exact) mass is 463 g/mol. The molecule has 0 radical (unpaired) electrons. The lowest BCUT2D eigenvalue weighted by atomic mass is 10.00. The molecule has 1 unspecified atom stereocenters. The zero-order valence-corrected chi connectivity index (χ0v) is 19.1.